The summed E-state index contributed by atoms with van der Waals surface area (Å²) in [4.78, 5) is 25.3. The summed E-state index contributed by atoms with van der Waals surface area (Å²) in [5, 5.41) is 2.69. The molecule has 1 aromatic rings. The molecule has 0 aliphatic carbocycles. The second-order valence-electron chi connectivity index (χ2n) is 4.83. The molecule has 1 aliphatic heterocycles. The monoisotopic (exact) mass is 293 g/mol. The minimum absolute atomic E-state index is 0.103. The fourth-order valence-electron chi connectivity index (χ4n) is 2.31. The molecular weight excluding hydrogens is 274 g/mol. The van der Waals surface area contributed by atoms with E-state index >= 15 is 0 Å². The van der Waals surface area contributed by atoms with Crippen LogP contribution in [0, 0.1) is 0 Å². The van der Waals surface area contributed by atoms with Crippen molar-refractivity contribution in [1.82, 2.24) is 10.2 Å². The second-order valence-corrected chi connectivity index (χ2v) is 4.83. The maximum atomic E-state index is 12.5. The number of nitrogens with two attached hydrogens (primary N) is 1. The third-order valence-electron chi connectivity index (χ3n) is 3.47. The zero-order valence-corrected chi connectivity index (χ0v) is 12.1. The number of rotatable bonds is 3. The van der Waals surface area contributed by atoms with E-state index in [9.17, 15) is 9.59 Å². The summed E-state index contributed by atoms with van der Waals surface area (Å²) in [6.45, 7) is 0.995. The predicted octanol–water partition coefficient (Wildman–Crippen LogP) is 0.848. The van der Waals surface area contributed by atoms with E-state index in [2.05, 4.69) is 10.1 Å². The fraction of sp³-hybridized carbons (Fsp3) is 0.429. The summed E-state index contributed by atoms with van der Waals surface area (Å²) in [6.07, 6.45) is 0.195. The van der Waals surface area contributed by atoms with Gasteiger partial charge in [0.05, 0.1) is 25.8 Å². The van der Waals surface area contributed by atoms with Gasteiger partial charge in [-0.25, -0.2) is 4.79 Å². The molecule has 2 amide bonds. The minimum Gasteiger partial charge on any atom is -0.497 e. The van der Waals surface area contributed by atoms with Crippen molar-refractivity contribution in [2.24, 2.45) is 0 Å². The van der Waals surface area contributed by atoms with Crippen LogP contribution in [0.25, 0.3) is 0 Å². The van der Waals surface area contributed by atoms with Gasteiger partial charge >= 0.3 is 6.09 Å². The van der Waals surface area contributed by atoms with Crippen molar-refractivity contribution in [3.63, 3.8) is 0 Å². The van der Waals surface area contributed by atoms with Crippen molar-refractivity contribution in [2.45, 2.75) is 12.5 Å². The quantitative estimate of drug-likeness (QED) is 0.806. The van der Waals surface area contributed by atoms with Gasteiger partial charge in [0.1, 0.15) is 5.75 Å². The maximum Gasteiger partial charge on any atom is 0.407 e. The summed E-state index contributed by atoms with van der Waals surface area (Å²) in [5.41, 5.74) is 6.67. The number of alkyl carbamates (subject to hydrolysis) is 1. The normalized spacial score (nSPS) is 17.4. The molecule has 1 aliphatic rings. The number of carbonyl (C=O) groups excluding carboxylic acids is 2. The summed E-state index contributed by atoms with van der Waals surface area (Å²) < 4.78 is 9.66. The average Bonchev–Trinajstić information content (AvgIpc) is 2.95. The number of likely N-dealkylation sites (tertiary alicyclic amines) is 1. The molecule has 3 N–H and O–H groups in total. The van der Waals surface area contributed by atoms with Gasteiger partial charge in [-0.2, -0.15) is 0 Å². The highest BCUT2D eigenvalue weighted by Gasteiger charge is 2.29. The molecule has 0 saturated carbocycles. The Balaban J connectivity index is 2.06. The Hall–Kier alpha value is -2.44. The number of anilines is 1. The molecule has 114 valence electrons. The van der Waals surface area contributed by atoms with Crippen LogP contribution in [-0.2, 0) is 4.74 Å². The van der Waals surface area contributed by atoms with Gasteiger partial charge in [-0.3, -0.25) is 4.79 Å². The van der Waals surface area contributed by atoms with Gasteiger partial charge in [0, 0.05) is 18.8 Å². The van der Waals surface area contributed by atoms with E-state index in [-0.39, 0.29) is 11.9 Å². The van der Waals surface area contributed by atoms with Gasteiger partial charge < -0.3 is 25.4 Å². The van der Waals surface area contributed by atoms with E-state index in [4.69, 9.17) is 10.5 Å². The number of nitrogens with zero attached hydrogens (tertiary/aromatic N) is 1. The standard InChI is InChI=1S/C14H19N3O4/c1-20-10-3-4-12(15)11(7-10)13(18)17-6-5-9(8-17)16-14(19)21-2/h3-4,7,9H,5-6,8,15H2,1-2H3,(H,16,19). The first kappa shape index (κ1) is 15.0. The minimum atomic E-state index is -0.491. The van der Waals surface area contributed by atoms with E-state index in [1.807, 2.05) is 0 Å². The number of nitrogens with one attached hydrogen (secondary N) is 1. The molecule has 0 aromatic heterocycles. The maximum absolute atomic E-state index is 12.5. The lowest BCUT2D eigenvalue weighted by Crippen LogP contribution is -2.38. The Morgan fingerprint density at radius 1 is 1.38 bits per heavy atom. The molecule has 1 aromatic carbocycles. The van der Waals surface area contributed by atoms with Gasteiger partial charge in [0.15, 0.2) is 0 Å². The van der Waals surface area contributed by atoms with E-state index in [0.717, 1.165) is 0 Å². The molecule has 0 spiro atoms. The molecule has 1 unspecified atom stereocenters. The predicted molar refractivity (Wildman–Crippen MR) is 77.3 cm³/mol. The van der Waals surface area contributed by atoms with Crippen LogP contribution in [0.4, 0.5) is 10.5 Å². The number of hydrogen-bond donors (Lipinski definition) is 2. The summed E-state index contributed by atoms with van der Waals surface area (Å²) in [6, 6.07) is 4.87. The zero-order chi connectivity index (χ0) is 15.4. The molecule has 7 heteroatoms. The third kappa shape index (κ3) is 3.36. The van der Waals surface area contributed by atoms with Crippen LogP contribution in [0.5, 0.6) is 5.75 Å². The Kier molecular flexibility index (Phi) is 4.52. The van der Waals surface area contributed by atoms with Crippen LogP contribution in [0.3, 0.4) is 0 Å². The molecule has 2 rings (SSSR count). The number of nitrogen functional groups attached to an aromatic ring is 1. The Labute approximate surface area is 123 Å². The summed E-state index contributed by atoms with van der Waals surface area (Å²) >= 11 is 0. The Bertz CT molecular complexity index is 547. The van der Waals surface area contributed by atoms with Crippen LogP contribution in [-0.4, -0.2) is 50.3 Å². The average molecular weight is 293 g/mol. The van der Waals surface area contributed by atoms with Crippen LogP contribution >= 0.6 is 0 Å². The van der Waals surface area contributed by atoms with Crippen molar-refractivity contribution in [3.05, 3.63) is 23.8 Å². The van der Waals surface area contributed by atoms with Crippen LogP contribution in [0.15, 0.2) is 18.2 Å². The number of hydrogen-bond acceptors (Lipinski definition) is 5. The highest BCUT2D eigenvalue weighted by atomic mass is 16.5. The van der Waals surface area contributed by atoms with Crippen molar-refractivity contribution in [2.75, 3.05) is 33.0 Å². The highest BCUT2D eigenvalue weighted by molar-refractivity contribution is 5.99. The van der Waals surface area contributed by atoms with E-state index < -0.39 is 6.09 Å². The molecular formula is C14H19N3O4. The lowest BCUT2D eigenvalue weighted by molar-refractivity contribution is 0.0788. The van der Waals surface area contributed by atoms with Gasteiger partial charge in [0.2, 0.25) is 0 Å². The Morgan fingerprint density at radius 3 is 2.81 bits per heavy atom. The molecule has 1 fully saturated rings. The first-order valence-electron chi connectivity index (χ1n) is 6.62. The van der Waals surface area contributed by atoms with E-state index in [1.54, 1.807) is 23.1 Å². The first-order chi connectivity index (χ1) is 10.0. The van der Waals surface area contributed by atoms with Gasteiger partial charge in [-0.1, -0.05) is 0 Å². The molecule has 1 heterocycles. The number of amides is 2. The molecule has 0 bridgehead atoms. The number of carbonyl (C=O) groups is 2. The van der Waals surface area contributed by atoms with Crippen LogP contribution in [0.1, 0.15) is 16.8 Å². The number of methoxy groups -OCH3 is 2. The molecule has 0 radical (unpaired) electrons. The van der Waals surface area contributed by atoms with Crippen LogP contribution < -0.4 is 15.8 Å². The molecule has 21 heavy (non-hydrogen) atoms. The number of benzene rings is 1. The summed E-state index contributed by atoms with van der Waals surface area (Å²) in [5.74, 6) is 0.413. The molecule has 1 atom stereocenters. The molecule has 7 nitrogen and oxygen atoms in total. The SMILES string of the molecule is COC(=O)NC1CCN(C(=O)c2cc(OC)ccc2N)C1. The highest BCUT2D eigenvalue weighted by Crippen LogP contribution is 2.23. The molecule has 1 saturated heterocycles. The van der Waals surface area contributed by atoms with Crippen molar-refractivity contribution < 1.29 is 19.1 Å². The summed E-state index contributed by atoms with van der Waals surface area (Å²) in [7, 11) is 2.84. The van der Waals surface area contributed by atoms with E-state index in [1.165, 1.54) is 14.2 Å². The van der Waals surface area contributed by atoms with Crippen molar-refractivity contribution in [3.8, 4) is 5.75 Å². The smallest absolute Gasteiger partial charge is 0.407 e. The zero-order valence-electron chi connectivity index (χ0n) is 12.1. The van der Waals surface area contributed by atoms with Crippen molar-refractivity contribution >= 4 is 17.7 Å². The van der Waals surface area contributed by atoms with E-state index in [0.29, 0.717) is 36.5 Å². The van der Waals surface area contributed by atoms with Gasteiger partial charge in [-0.05, 0) is 24.6 Å². The first-order valence-corrected chi connectivity index (χ1v) is 6.62. The Morgan fingerprint density at radius 2 is 2.14 bits per heavy atom. The topological polar surface area (TPSA) is 93.9 Å². The van der Waals surface area contributed by atoms with Crippen molar-refractivity contribution in [1.29, 1.82) is 0 Å². The third-order valence-corrected chi connectivity index (χ3v) is 3.47. The van der Waals surface area contributed by atoms with Gasteiger partial charge in [0.25, 0.3) is 5.91 Å². The largest absolute Gasteiger partial charge is 0.497 e. The number of ether oxygens (including phenoxy) is 2. The van der Waals surface area contributed by atoms with Crippen LogP contribution in [0.2, 0.25) is 0 Å². The lowest BCUT2D eigenvalue weighted by Gasteiger charge is -2.18. The fourth-order valence-corrected chi connectivity index (χ4v) is 2.31. The lowest BCUT2D eigenvalue weighted by atomic mass is 10.1. The second kappa shape index (κ2) is 6.34. The van der Waals surface area contributed by atoms with Gasteiger partial charge in [-0.15, -0.1) is 0 Å².